The second-order valence-corrected chi connectivity index (χ2v) is 5.86. The van der Waals surface area contributed by atoms with Crippen molar-refractivity contribution in [1.29, 1.82) is 5.26 Å². The summed E-state index contributed by atoms with van der Waals surface area (Å²) in [6.07, 6.45) is 1.96. The van der Waals surface area contributed by atoms with Crippen LogP contribution in [0.2, 0.25) is 0 Å². The first-order chi connectivity index (χ1) is 10.5. The normalized spacial score (nSPS) is 14.8. The summed E-state index contributed by atoms with van der Waals surface area (Å²) in [7, 11) is 0. The highest BCUT2D eigenvalue weighted by Crippen LogP contribution is 2.27. The van der Waals surface area contributed by atoms with Crippen LogP contribution in [0, 0.1) is 24.2 Å². The van der Waals surface area contributed by atoms with Gasteiger partial charge in [-0.1, -0.05) is 17.7 Å². The van der Waals surface area contributed by atoms with Crippen molar-refractivity contribution in [3.05, 3.63) is 35.4 Å². The van der Waals surface area contributed by atoms with Crippen molar-refractivity contribution < 1.29 is 9.59 Å². The summed E-state index contributed by atoms with van der Waals surface area (Å²) in [6.45, 7) is 4.12. The third-order valence-electron chi connectivity index (χ3n) is 3.68. The van der Waals surface area contributed by atoms with E-state index in [9.17, 15) is 9.59 Å². The summed E-state index contributed by atoms with van der Waals surface area (Å²) >= 11 is 0. The highest BCUT2D eigenvalue weighted by molar-refractivity contribution is 5.96. The van der Waals surface area contributed by atoms with E-state index in [4.69, 9.17) is 5.26 Å². The SMILES string of the molecule is Cc1cccc(C(=O)NCC(=O)N(CC(C)C#N)C2CC2)c1. The number of carbonyl (C=O) groups is 2. The maximum absolute atomic E-state index is 12.3. The third-order valence-corrected chi connectivity index (χ3v) is 3.68. The zero-order valence-corrected chi connectivity index (χ0v) is 13.0. The van der Waals surface area contributed by atoms with Crippen LogP contribution in [0.5, 0.6) is 0 Å². The molecule has 1 atom stereocenters. The fourth-order valence-corrected chi connectivity index (χ4v) is 2.32. The van der Waals surface area contributed by atoms with Crippen LogP contribution in [0.3, 0.4) is 0 Å². The van der Waals surface area contributed by atoms with Crippen molar-refractivity contribution in [2.24, 2.45) is 5.92 Å². The van der Waals surface area contributed by atoms with Crippen LogP contribution in [0.15, 0.2) is 24.3 Å². The molecule has 2 amide bonds. The number of nitrogens with zero attached hydrogens (tertiary/aromatic N) is 2. The van der Waals surface area contributed by atoms with Gasteiger partial charge in [-0.15, -0.1) is 0 Å². The van der Waals surface area contributed by atoms with Gasteiger partial charge in [-0.2, -0.15) is 5.26 Å². The second-order valence-electron chi connectivity index (χ2n) is 5.86. The molecule has 1 saturated carbocycles. The van der Waals surface area contributed by atoms with Crippen molar-refractivity contribution in [2.75, 3.05) is 13.1 Å². The molecule has 22 heavy (non-hydrogen) atoms. The lowest BCUT2D eigenvalue weighted by Crippen LogP contribution is -2.43. The molecule has 0 heterocycles. The van der Waals surface area contributed by atoms with Gasteiger partial charge < -0.3 is 10.2 Å². The van der Waals surface area contributed by atoms with E-state index in [0.29, 0.717) is 12.1 Å². The van der Waals surface area contributed by atoms with E-state index in [1.165, 1.54) is 0 Å². The molecule has 1 aliphatic carbocycles. The first kappa shape index (κ1) is 16.0. The van der Waals surface area contributed by atoms with Crippen molar-refractivity contribution in [2.45, 2.75) is 32.7 Å². The lowest BCUT2D eigenvalue weighted by atomic mass is 10.1. The molecule has 1 aromatic rings. The van der Waals surface area contributed by atoms with Gasteiger partial charge in [-0.25, -0.2) is 0 Å². The Morgan fingerprint density at radius 2 is 2.18 bits per heavy atom. The van der Waals surface area contributed by atoms with Gasteiger partial charge in [0.05, 0.1) is 18.5 Å². The van der Waals surface area contributed by atoms with E-state index in [0.717, 1.165) is 18.4 Å². The Balaban J connectivity index is 1.90. The summed E-state index contributed by atoms with van der Waals surface area (Å²) in [5, 5.41) is 11.6. The van der Waals surface area contributed by atoms with Crippen molar-refractivity contribution in [3.8, 4) is 6.07 Å². The van der Waals surface area contributed by atoms with Crippen LogP contribution in [0.4, 0.5) is 0 Å². The molecule has 1 aromatic carbocycles. The molecule has 5 heteroatoms. The fraction of sp³-hybridized carbons (Fsp3) is 0.471. The Hall–Kier alpha value is -2.35. The zero-order chi connectivity index (χ0) is 16.1. The van der Waals surface area contributed by atoms with Crippen LogP contribution in [0.1, 0.15) is 35.7 Å². The number of nitrogens with one attached hydrogen (secondary N) is 1. The summed E-state index contributed by atoms with van der Waals surface area (Å²) in [5.41, 5.74) is 1.55. The second kappa shape index (κ2) is 7.08. The summed E-state index contributed by atoms with van der Waals surface area (Å²) in [5.74, 6) is -0.566. The van der Waals surface area contributed by atoms with Crippen LogP contribution >= 0.6 is 0 Å². The molecule has 1 fully saturated rings. The summed E-state index contributed by atoms with van der Waals surface area (Å²) in [4.78, 5) is 26.1. The molecular formula is C17H21N3O2. The van der Waals surface area contributed by atoms with E-state index in [-0.39, 0.29) is 30.3 Å². The predicted octanol–water partition coefficient (Wildman–Crippen LogP) is 1.88. The van der Waals surface area contributed by atoms with Crippen LogP contribution in [-0.2, 0) is 4.79 Å². The van der Waals surface area contributed by atoms with Gasteiger partial charge in [0.25, 0.3) is 5.91 Å². The summed E-state index contributed by atoms with van der Waals surface area (Å²) in [6, 6.07) is 9.63. The van der Waals surface area contributed by atoms with Gasteiger partial charge in [0.2, 0.25) is 5.91 Å². The molecule has 116 valence electrons. The predicted molar refractivity (Wildman–Crippen MR) is 83.0 cm³/mol. The Labute approximate surface area is 130 Å². The highest BCUT2D eigenvalue weighted by Gasteiger charge is 2.33. The molecule has 2 rings (SSSR count). The number of hydrogen-bond donors (Lipinski definition) is 1. The molecule has 0 bridgehead atoms. The third kappa shape index (κ3) is 4.32. The van der Waals surface area contributed by atoms with E-state index in [1.54, 1.807) is 24.0 Å². The molecule has 0 spiro atoms. The highest BCUT2D eigenvalue weighted by atomic mass is 16.2. The fourth-order valence-electron chi connectivity index (χ4n) is 2.32. The molecule has 0 saturated heterocycles. The van der Waals surface area contributed by atoms with E-state index in [2.05, 4.69) is 11.4 Å². The Morgan fingerprint density at radius 3 is 2.77 bits per heavy atom. The average Bonchev–Trinajstić information content (AvgIpc) is 3.34. The minimum atomic E-state index is -0.249. The number of aryl methyl sites for hydroxylation is 1. The lowest BCUT2D eigenvalue weighted by molar-refractivity contribution is -0.131. The first-order valence-electron chi connectivity index (χ1n) is 7.55. The minimum Gasteiger partial charge on any atom is -0.343 e. The quantitative estimate of drug-likeness (QED) is 0.871. The maximum Gasteiger partial charge on any atom is 0.251 e. The van der Waals surface area contributed by atoms with Gasteiger partial charge in [0.15, 0.2) is 0 Å². The number of rotatable bonds is 6. The van der Waals surface area contributed by atoms with Crippen LogP contribution < -0.4 is 5.32 Å². The van der Waals surface area contributed by atoms with Gasteiger partial charge >= 0.3 is 0 Å². The van der Waals surface area contributed by atoms with E-state index in [1.807, 2.05) is 19.1 Å². The Bertz CT molecular complexity index is 602. The molecule has 0 aliphatic heterocycles. The monoisotopic (exact) mass is 299 g/mol. The molecule has 1 N–H and O–H groups in total. The number of amides is 2. The van der Waals surface area contributed by atoms with Gasteiger partial charge in [0.1, 0.15) is 0 Å². The minimum absolute atomic E-state index is 0.0264. The Kier molecular flexibility index (Phi) is 5.16. The van der Waals surface area contributed by atoms with Gasteiger partial charge in [0, 0.05) is 18.2 Å². The number of nitriles is 1. The standard InChI is InChI=1S/C17H21N3O2/c1-12-4-3-5-14(8-12)17(22)19-10-16(21)20(15-6-7-15)11-13(2)9-18/h3-5,8,13,15H,6-7,10-11H2,1-2H3,(H,19,22). The van der Waals surface area contributed by atoms with E-state index >= 15 is 0 Å². The smallest absolute Gasteiger partial charge is 0.251 e. The van der Waals surface area contributed by atoms with Gasteiger partial charge in [-0.05, 0) is 38.8 Å². The number of carbonyl (C=O) groups excluding carboxylic acids is 2. The van der Waals surface area contributed by atoms with Crippen LogP contribution in [0.25, 0.3) is 0 Å². The molecule has 1 unspecified atom stereocenters. The van der Waals surface area contributed by atoms with Gasteiger partial charge in [-0.3, -0.25) is 9.59 Å². The van der Waals surface area contributed by atoms with Crippen LogP contribution in [-0.4, -0.2) is 35.8 Å². The average molecular weight is 299 g/mol. The Morgan fingerprint density at radius 1 is 1.45 bits per heavy atom. The molecule has 0 aromatic heterocycles. The molecule has 0 radical (unpaired) electrons. The number of benzene rings is 1. The largest absolute Gasteiger partial charge is 0.343 e. The number of hydrogen-bond acceptors (Lipinski definition) is 3. The molecule has 1 aliphatic rings. The summed E-state index contributed by atoms with van der Waals surface area (Å²) < 4.78 is 0. The topological polar surface area (TPSA) is 73.2 Å². The van der Waals surface area contributed by atoms with E-state index < -0.39 is 0 Å². The lowest BCUT2D eigenvalue weighted by Gasteiger charge is -2.23. The molecular weight excluding hydrogens is 278 g/mol. The molecule has 5 nitrogen and oxygen atoms in total. The van der Waals surface area contributed by atoms with Crippen molar-refractivity contribution in [1.82, 2.24) is 10.2 Å². The maximum atomic E-state index is 12.3. The first-order valence-corrected chi connectivity index (χ1v) is 7.55. The van der Waals surface area contributed by atoms with Crippen molar-refractivity contribution >= 4 is 11.8 Å². The van der Waals surface area contributed by atoms with Crippen molar-refractivity contribution in [3.63, 3.8) is 0 Å². The zero-order valence-electron chi connectivity index (χ0n) is 13.0.